The number of aliphatic hydroxyl groups excluding tert-OH is 1. The fraction of sp³-hybridized carbons (Fsp3) is 0.850. The summed E-state index contributed by atoms with van der Waals surface area (Å²) in [7, 11) is 0. The maximum atomic E-state index is 13.5. The van der Waals surface area contributed by atoms with Gasteiger partial charge in [0.15, 0.2) is 5.78 Å². The van der Waals surface area contributed by atoms with Gasteiger partial charge in [-0.1, -0.05) is 13.8 Å². The fourth-order valence-electron chi connectivity index (χ4n) is 5.95. The first-order valence-electron chi connectivity index (χ1n) is 9.39. The van der Waals surface area contributed by atoms with Gasteiger partial charge in [-0.2, -0.15) is 0 Å². The number of allylic oxidation sites excluding steroid dienone is 2. The zero-order valence-corrected chi connectivity index (χ0v) is 15.1. The van der Waals surface area contributed by atoms with Crippen LogP contribution in [0.15, 0.2) is 11.8 Å². The van der Waals surface area contributed by atoms with Crippen LogP contribution in [-0.2, 0) is 4.79 Å². The Labute approximate surface area is 143 Å². The molecule has 0 aromatic rings. The predicted molar refractivity (Wildman–Crippen MR) is 90.0 cm³/mol. The number of carbonyl (C=O) groups excluding carboxylic acids is 1. The molecule has 0 aromatic carbocycles. The van der Waals surface area contributed by atoms with Crippen LogP contribution in [0, 0.1) is 28.6 Å². The van der Waals surface area contributed by atoms with Crippen LogP contribution in [0.5, 0.6) is 0 Å². The molecular weight excluding hydrogens is 310 g/mol. The average molecular weight is 340 g/mol. The van der Waals surface area contributed by atoms with Gasteiger partial charge in [-0.25, -0.2) is 8.78 Å². The van der Waals surface area contributed by atoms with E-state index in [1.54, 1.807) is 13.8 Å². The normalized spacial score (nSPS) is 38.2. The van der Waals surface area contributed by atoms with Crippen molar-refractivity contribution in [2.45, 2.75) is 78.1 Å². The first-order valence-corrected chi connectivity index (χ1v) is 9.39. The monoisotopic (exact) mass is 340 g/mol. The lowest BCUT2D eigenvalue weighted by atomic mass is 9.48. The molecule has 0 aliphatic heterocycles. The van der Waals surface area contributed by atoms with Crippen molar-refractivity contribution in [3.8, 4) is 0 Å². The molecule has 1 N–H and O–H groups in total. The van der Waals surface area contributed by atoms with Crippen LogP contribution in [0.3, 0.4) is 0 Å². The number of rotatable bonds is 6. The third kappa shape index (κ3) is 3.25. The SMILES string of the molecule is CCC(C)(CC(C)(F)F)/C(O)=C/C(=O)C12CC3CC(CC(C3)C1)C2. The summed E-state index contributed by atoms with van der Waals surface area (Å²) < 4.78 is 27.0. The highest BCUT2D eigenvalue weighted by Crippen LogP contribution is 2.60. The number of hydrogen-bond acceptors (Lipinski definition) is 2. The van der Waals surface area contributed by atoms with Crippen molar-refractivity contribution in [1.82, 2.24) is 0 Å². The number of carbonyl (C=O) groups is 1. The van der Waals surface area contributed by atoms with Crippen molar-refractivity contribution in [1.29, 1.82) is 0 Å². The van der Waals surface area contributed by atoms with Crippen molar-refractivity contribution in [2.24, 2.45) is 28.6 Å². The first kappa shape index (κ1) is 17.9. The molecule has 4 heteroatoms. The summed E-state index contributed by atoms with van der Waals surface area (Å²) in [4.78, 5) is 13.0. The summed E-state index contributed by atoms with van der Waals surface area (Å²) in [6.07, 6.45) is 7.77. The molecule has 0 aromatic heterocycles. The molecule has 0 amide bonds. The smallest absolute Gasteiger partial charge is 0.246 e. The maximum absolute atomic E-state index is 13.5. The van der Waals surface area contributed by atoms with Crippen LogP contribution in [0.1, 0.15) is 72.1 Å². The Hall–Kier alpha value is -0.930. The Morgan fingerprint density at radius 3 is 1.96 bits per heavy atom. The molecule has 24 heavy (non-hydrogen) atoms. The van der Waals surface area contributed by atoms with Gasteiger partial charge in [0, 0.05) is 23.3 Å². The summed E-state index contributed by atoms with van der Waals surface area (Å²) in [5.41, 5.74) is -1.37. The summed E-state index contributed by atoms with van der Waals surface area (Å²) in [6, 6.07) is 0. The molecule has 0 radical (unpaired) electrons. The van der Waals surface area contributed by atoms with E-state index in [9.17, 15) is 18.7 Å². The van der Waals surface area contributed by atoms with Gasteiger partial charge in [0.2, 0.25) is 5.92 Å². The molecule has 4 aliphatic carbocycles. The van der Waals surface area contributed by atoms with Crippen LogP contribution < -0.4 is 0 Å². The molecule has 4 aliphatic rings. The molecule has 4 fully saturated rings. The summed E-state index contributed by atoms with van der Waals surface area (Å²) in [6.45, 7) is 4.28. The van der Waals surface area contributed by atoms with Crippen molar-refractivity contribution >= 4 is 5.78 Å². The molecule has 4 bridgehead atoms. The zero-order valence-electron chi connectivity index (χ0n) is 15.1. The third-order valence-corrected chi connectivity index (χ3v) is 6.93. The van der Waals surface area contributed by atoms with E-state index < -0.39 is 17.8 Å². The quantitative estimate of drug-likeness (QED) is 0.499. The Morgan fingerprint density at radius 1 is 1.12 bits per heavy atom. The minimum atomic E-state index is -2.86. The molecule has 1 unspecified atom stereocenters. The largest absolute Gasteiger partial charge is 0.512 e. The molecule has 2 nitrogen and oxygen atoms in total. The minimum absolute atomic E-state index is 0.0156. The van der Waals surface area contributed by atoms with Gasteiger partial charge in [-0.3, -0.25) is 4.79 Å². The van der Waals surface area contributed by atoms with E-state index in [1.165, 1.54) is 25.3 Å². The van der Waals surface area contributed by atoms with Crippen LogP contribution in [0.4, 0.5) is 8.78 Å². The average Bonchev–Trinajstić information content (AvgIpc) is 2.43. The molecule has 1 atom stereocenters. The Bertz CT molecular complexity index is 511. The van der Waals surface area contributed by atoms with E-state index in [1.807, 2.05) is 0 Å². The van der Waals surface area contributed by atoms with E-state index in [0.29, 0.717) is 24.2 Å². The number of halogens is 2. The van der Waals surface area contributed by atoms with Gasteiger partial charge < -0.3 is 5.11 Å². The van der Waals surface area contributed by atoms with Crippen molar-refractivity contribution in [2.75, 3.05) is 0 Å². The molecule has 0 saturated heterocycles. The lowest BCUT2D eigenvalue weighted by Crippen LogP contribution is -2.49. The van der Waals surface area contributed by atoms with E-state index in [4.69, 9.17) is 0 Å². The summed E-state index contributed by atoms with van der Waals surface area (Å²) in [5.74, 6) is -1.10. The Kier molecular flexibility index (Phi) is 4.33. The van der Waals surface area contributed by atoms with Crippen LogP contribution in [0.25, 0.3) is 0 Å². The van der Waals surface area contributed by atoms with Crippen molar-refractivity contribution in [3.63, 3.8) is 0 Å². The zero-order chi connectivity index (χ0) is 17.8. The second kappa shape index (κ2) is 5.81. The number of hydrogen-bond donors (Lipinski definition) is 1. The molecular formula is C20H30F2O2. The van der Waals surface area contributed by atoms with Gasteiger partial charge in [-0.05, 0) is 69.6 Å². The lowest BCUT2D eigenvalue weighted by Gasteiger charge is -2.55. The van der Waals surface area contributed by atoms with Gasteiger partial charge in [0.05, 0.1) is 0 Å². The third-order valence-electron chi connectivity index (χ3n) is 6.93. The van der Waals surface area contributed by atoms with Crippen LogP contribution >= 0.6 is 0 Å². The summed E-state index contributed by atoms with van der Waals surface area (Å²) >= 11 is 0. The number of aliphatic hydroxyl groups is 1. The highest BCUT2D eigenvalue weighted by Gasteiger charge is 2.54. The van der Waals surface area contributed by atoms with Crippen molar-refractivity contribution in [3.05, 3.63) is 11.8 Å². The van der Waals surface area contributed by atoms with Gasteiger partial charge >= 0.3 is 0 Å². The van der Waals surface area contributed by atoms with Crippen LogP contribution in [-0.4, -0.2) is 16.8 Å². The van der Waals surface area contributed by atoms with Crippen molar-refractivity contribution < 1.29 is 18.7 Å². The molecule has 0 heterocycles. The van der Waals surface area contributed by atoms with E-state index in [2.05, 4.69) is 0 Å². The number of ketones is 1. The number of alkyl halides is 2. The second-order valence-corrected chi connectivity index (χ2v) is 9.25. The van der Waals surface area contributed by atoms with E-state index >= 15 is 0 Å². The Balaban J connectivity index is 1.81. The minimum Gasteiger partial charge on any atom is -0.512 e. The highest BCUT2D eigenvalue weighted by molar-refractivity contribution is 5.95. The van der Waals surface area contributed by atoms with Gasteiger partial charge in [-0.15, -0.1) is 0 Å². The fourth-order valence-corrected chi connectivity index (χ4v) is 5.95. The van der Waals surface area contributed by atoms with E-state index in [0.717, 1.165) is 26.2 Å². The van der Waals surface area contributed by atoms with Gasteiger partial charge in [0.25, 0.3) is 0 Å². The predicted octanol–water partition coefficient (Wildman–Crippen LogP) is 5.68. The summed E-state index contributed by atoms with van der Waals surface area (Å²) in [5, 5.41) is 10.5. The van der Waals surface area contributed by atoms with Gasteiger partial charge in [0.1, 0.15) is 5.76 Å². The standard InChI is InChI=1S/C20H30F2O2/c1-4-18(2,12-19(3,21)22)16(23)8-17(24)20-9-13-5-14(10-20)7-15(6-13)11-20/h8,13-15,23H,4-7,9-12H2,1-3H3/b16-8-. The molecule has 4 saturated carbocycles. The van der Waals surface area contributed by atoms with E-state index in [-0.39, 0.29) is 17.0 Å². The molecule has 4 rings (SSSR count). The highest BCUT2D eigenvalue weighted by atomic mass is 19.3. The molecule has 0 spiro atoms. The maximum Gasteiger partial charge on any atom is 0.246 e. The lowest BCUT2D eigenvalue weighted by molar-refractivity contribution is -0.139. The topological polar surface area (TPSA) is 37.3 Å². The molecule has 136 valence electrons. The van der Waals surface area contributed by atoms with Crippen LogP contribution in [0.2, 0.25) is 0 Å². The second-order valence-electron chi connectivity index (χ2n) is 9.25. The Morgan fingerprint density at radius 2 is 1.58 bits per heavy atom. The first-order chi connectivity index (χ1) is 11.1.